The second-order valence-corrected chi connectivity index (χ2v) is 4.32. The Labute approximate surface area is 84.2 Å². The summed E-state index contributed by atoms with van der Waals surface area (Å²) in [6.07, 6.45) is 6.85. The summed E-state index contributed by atoms with van der Waals surface area (Å²) in [5, 5.41) is 0. The topological polar surface area (TPSA) is 25.8 Å². The minimum Gasteiger partial charge on any atom is -0.261 e. The highest BCUT2D eigenvalue weighted by Crippen LogP contribution is 2.10. The van der Waals surface area contributed by atoms with Gasteiger partial charge in [0.1, 0.15) is 0 Å². The fraction of sp³-hybridized carbons (Fsp3) is 0.600. The Morgan fingerprint density at radius 3 is 2.77 bits per heavy atom. The van der Waals surface area contributed by atoms with Crippen molar-refractivity contribution >= 4 is 11.8 Å². The van der Waals surface area contributed by atoms with E-state index in [4.69, 9.17) is 0 Å². The van der Waals surface area contributed by atoms with Gasteiger partial charge in [-0.05, 0) is 17.9 Å². The molecule has 3 heteroatoms. The monoisotopic (exact) mass is 196 g/mol. The van der Waals surface area contributed by atoms with E-state index in [1.165, 1.54) is 0 Å². The minimum absolute atomic E-state index is 0.474. The quantitative estimate of drug-likeness (QED) is 0.740. The van der Waals surface area contributed by atoms with E-state index in [1.807, 2.05) is 24.2 Å². The first-order chi connectivity index (χ1) is 6.24. The summed E-state index contributed by atoms with van der Waals surface area (Å²) < 4.78 is 0. The SMILES string of the molecule is CSCCc1cncc(C(C)C)n1. The van der Waals surface area contributed by atoms with Gasteiger partial charge in [0.25, 0.3) is 0 Å². The third-order valence-electron chi connectivity index (χ3n) is 1.86. The van der Waals surface area contributed by atoms with Crippen LogP contribution in [0.3, 0.4) is 0 Å². The summed E-state index contributed by atoms with van der Waals surface area (Å²) in [6.45, 7) is 4.28. The van der Waals surface area contributed by atoms with E-state index < -0.39 is 0 Å². The van der Waals surface area contributed by atoms with Gasteiger partial charge in [0.15, 0.2) is 0 Å². The number of hydrogen-bond donors (Lipinski definition) is 0. The fourth-order valence-corrected chi connectivity index (χ4v) is 1.44. The van der Waals surface area contributed by atoms with Gasteiger partial charge in [-0.25, -0.2) is 0 Å². The molecule has 0 bridgehead atoms. The normalized spacial score (nSPS) is 10.8. The number of hydrogen-bond acceptors (Lipinski definition) is 3. The molecule has 2 nitrogen and oxygen atoms in total. The van der Waals surface area contributed by atoms with Crippen LogP contribution in [0, 0.1) is 0 Å². The van der Waals surface area contributed by atoms with Gasteiger partial charge in [-0.1, -0.05) is 13.8 Å². The summed E-state index contributed by atoms with van der Waals surface area (Å²) in [5.74, 6) is 1.60. The highest BCUT2D eigenvalue weighted by Gasteiger charge is 2.02. The second kappa shape index (κ2) is 5.22. The highest BCUT2D eigenvalue weighted by atomic mass is 32.2. The van der Waals surface area contributed by atoms with Gasteiger partial charge in [-0.15, -0.1) is 0 Å². The molecule has 0 N–H and O–H groups in total. The van der Waals surface area contributed by atoms with Gasteiger partial charge in [0.05, 0.1) is 11.4 Å². The van der Waals surface area contributed by atoms with Gasteiger partial charge in [0.2, 0.25) is 0 Å². The number of rotatable bonds is 4. The van der Waals surface area contributed by atoms with Crippen LogP contribution in [0.25, 0.3) is 0 Å². The van der Waals surface area contributed by atoms with Crippen LogP contribution in [0.4, 0.5) is 0 Å². The summed E-state index contributed by atoms with van der Waals surface area (Å²) >= 11 is 1.84. The Kier molecular flexibility index (Phi) is 4.22. The molecule has 0 aromatic carbocycles. The van der Waals surface area contributed by atoms with Crippen molar-refractivity contribution in [2.75, 3.05) is 12.0 Å². The number of aromatic nitrogens is 2. The number of thioether (sulfide) groups is 1. The maximum atomic E-state index is 4.53. The van der Waals surface area contributed by atoms with E-state index in [9.17, 15) is 0 Å². The summed E-state index contributed by atoms with van der Waals surface area (Å²) in [5.41, 5.74) is 2.21. The van der Waals surface area contributed by atoms with Crippen molar-refractivity contribution in [2.24, 2.45) is 0 Å². The second-order valence-electron chi connectivity index (χ2n) is 3.33. The van der Waals surface area contributed by atoms with Gasteiger partial charge in [-0.3, -0.25) is 9.97 Å². The number of nitrogens with zero attached hydrogens (tertiary/aromatic N) is 2. The zero-order chi connectivity index (χ0) is 9.68. The molecule has 0 unspecified atom stereocenters. The number of aryl methyl sites for hydroxylation is 1. The molecule has 72 valence electrons. The molecule has 13 heavy (non-hydrogen) atoms. The lowest BCUT2D eigenvalue weighted by Crippen LogP contribution is -2.00. The first kappa shape index (κ1) is 10.5. The van der Waals surface area contributed by atoms with Crippen LogP contribution in [0.1, 0.15) is 31.2 Å². The van der Waals surface area contributed by atoms with Crippen molar-refractivity contribution < 1.29 is 0 Å². The fourth-order valence-electron chi connectivity index (χ4n) is 1.03. The van der Waals surface area contributed by atoms with E-state index in [0.717, 1.165) is 23.6 Å². The lowest BCUT2D eigenvalue weighted by Gasteiger charge is -2.05. The van der Waals surface area contributed by atoms with Crippen LogP contribution < -0.4 is 0 Å². The molecule has 1 aromatic heterocycles. The molecule has 1 rings (SSSR count). The van der Waals surface area contributed by atoms with E-state index in [1.54, 1.807) is 0 Å². The van der Waals surface area contributed by atoms with Crippen molar-refractivity contribution in [3.05, 3.63) is 23.8 Å². The van der Waals surface area contributed by atoms with E-state index >= 15 is 0 Å². The summed E-state index contributed by atoms with van der Waals surface area (Å²) in [6, 6.07) is 0. The Hall–Kier alpha value is -0.570. The maximum absolute atomic E-state index is 4.53. The molecule has 0 amide bonds. The molecule has 0 saturated carbocycles. The van der Waals surface area contributed by atoms with Crippen LogP contribution in [-0.2, 0) is 6.42 Å². The lowest BCUT2D eigenvalue weighted by molar-refractivity contribution is 0.794. The molecule has 0 atom stereocenters. The molecule has 0 saturated heterocycles. The lowest BCUT2D eigenvalue weighted by atomic mass is 10.1. The van der Waals surface area contributed by atoms with Gasteiger partial charge in [0, 0.05) is 18.8 Å². The Morgan fingerprint density at radius 1 is 1.38 bits per heavy atom. The smallest absolute Gasteiger partial charge is 0.0615 e. The average Bonchev–Trinajstić information content (AvgIpc) is 2.15. The third-order valence-corrected chi connectivity index (χ3v) is 2.47. The largest absolute Gasteiger partial charge is 0.261 e. The van der Waals surface area contributed by atoms with Crippen LogP contribution in [0.15, 0.2) is 12.4 Å². The van der Waals surface area contributed by atoms with Gasteiger partial charge in [-0.2, -0.15) is 11.8 Å². The zero-order valence-corrected chi connectivity index (χ0v) is 9.27. The van der Waals surface area contributed by atoms with Crippen molar-refractivity contribution in [3.63, 3.8) is 0 Å². The Balaban J connectivity index is 2.68. The van der Waals surface area contributed by atoms with Crippen molar-refractivity contribution in [3.8, 4) is 0 Å². The maximum Gasteiger partial charge on any atom is 0.0615 e. The molecule has 0 fully saturated rings. The summed E-state index contributed by atoms with van der Waals surface area (Å²) in [7, 11) is 0. The van der Waals surface area contributed by atoms with E-state index in [0.29, 0.717) is 5.92 Å². The molecule has 0 aliphatic carbocycles. The van der Waals surface area contributed by atoms with Crippen LogP contribution in [-0.4, -0.2) is 22.0 Å². The molecule has 1 aromatic rings. The van der Waals surface area contributed by atoms with E-state index in [2.05, 4.69) is 30.1 Å². The third kappa shape index (κ3) is 3.35. The van der Waals surface area contributed by atoms with Crippen molar-refractivity contribution in [2.45, 2.75) is 26.2 Å². The summed E-state index contributed by atoms with van der Waals surface area (Å²) in [4.78, 5) is 8.72. The zero-order valence-electron chi connectivity index (χ0n) is 8.45. The van der Waals surface area contributed by atoms with Crippen LogP contribution in [0.5, 0.6) is 0 Å². The van der Waals surface area contributed by atoms with Gasteiger partial charge >= 0.3 is 0 Å². The molecule has 1 heterocycles. The van der Waals surface area contributed by atoms with Crippen LogP contribution >= 0.6 is 11.8 Å². The standard InChI is InChI=1S/C10H16N2S/c1-8(2)10-7-11-6-9(12-10)4-5-13-3/h6-8H,4-5H2,1-3H3. The van der Waals surface area contributed by atoms with Crippen molar-refractivity contribution in [1.82, 2.24) is 9.97 Å². The molecular weight excluding hydrogens is 180 g/mol. The first-order valence-corrected chi connectivity index (χ1v) is 5.93. The minimum atomic E-state index is 0.474. The van der Waals surface area contributed by atoms with Crippen molar-refractivity contribution in [1.29, 1.82) is 0 Å². The predicted molar refractivity (Wildman–Crippen MR) is 58.2 cm³/mol. The predicted octanol–water partition coefficient (Wildman–Crippen LogP) is 2.51. The first-order valence-electron chi connectivity index (χ1n) is 4.53. The van der Waals surface area contributed by atoms with E-state index in [-0.39, 0.29) is 0 Å². The Morgan fingerprint density at radius 2 is 2.15 bits per heavy atom. The average molecular weight is 196 g/mol. The van der Waals surface area contributed by atoms with Crippen LogP contribution in [0.2, 0.25) is 0 Å². The molecule has 0 aliphatic rings. The molecule has 0 radical (unpaired) electrons. The Bertz CT molecular complexity index is 261. The van der Waals surface area contributed by atoms with Gasteiger partial charge < -0.3 is 0 Å². The molecule has 0 aliphatic heterocycles. The highest BCUT2D eigenvalue weighted by molar-refractivity contribution is 7.98. The molecule has 0 spiro atoms. The molecular formula is C10H16N2S.